The molecule has 8 heteroatoms. The van der Waals surface area contributed by atoms with Crippen molar-refractivity contribution in [3.63, 3.8) is 0 Å². The SMILES string of the molecule is O=C(Nc1ccc(F)c(F)c1)c1nn(-c2ccccc2)c(=O)[nH]1. The van der Waals surface area contributed by atoms with Crippen LogP contribution in [0.4, 0.5) is 14.5 Å². The number of nitrogens with one attached hydrogen (secondary N) is 2. The topological polar surface area (TPSA) is 79.8 Å². The molecule has 2 aromatic carbocycles. The van der Waals surface area contributed by atoms with Crippen LogP contribution in [0.5, 0.6) is 0 Å². The average molecular weight is 316 g/mol. The molecule has 0 aliphatic rings. The molecular weight excluding hydrogens is 306 g/mol. The van der Waals surface area contributed by atoms with Crippen molar-refractivity contribution in [3.05, 3.63) is 76.5 Å². The van der Waals surface area contributed by atoms with Gasteiger partial charge in [0.1, 0.15) is 0 Å². The van der Waals surface area contributed by atoms with Gasteiger partial charge in [-0.25, -0.2) is 13.6 Å². The maximum atomic E-state index is 13.1. The summed E-state index contributed by atoms with van der Waals surface area (Å²) in [5.41, 5.74) is -0.0590. The molecule has 2 N–H and O–H groups in total. The molecule has 0 spiro atoms. The summed E-state index contributed by atoms with van der Waals surface area (Å²) in [4.78, 5) is 26.2. The van der Waals surface area contributed by atoms with Gasteiger partial charge in [-0.05, 0) is 24.3 Å². The number of carbonyl (C=O) groups excluding carboxylic acids is 1. The molecule has 1 aromatic heterocycles. The Morgan fingerprint density at radius 2 is 1.83 bits per heavy atom. The smallest absolute Gasteiger partial charge is 0.319 e. The van der Waals surface area contributed by atoms with Gasteiger partial charge < -0.3 is 5.32 Å². The van der Waals surface area contributed by atoms with E-state index >= 15 is 0 Å². The molecule has 3 rings (SSSR count). The minimum Gasteiger partial charge on any atom is -0.319 e. The number of halogens is 2. The Balaban J connectivity index is 1.86. The van der Waals surface area contributed by atoms with Crippen molar-refractivity contribution >= 4 is 11.6 Å². The number of anilines is 1. The van der Waals surface area contributed by atoms with Gasteiger partial charge in [0.25, 0.3) is 5.91 Å². The second kappa shape index (κ2) is 5.84. The molecule has 0 unspecified atom stereocenters. The van der Waals surface area contributed by atoms with E-state index in [-0.39, 0.29) is 11.5 Å². The molecular formula is C15H10F2N4O2. The maximum absolute atomic E-state index is 13.1. The second-order valence-corrected chi connectivity index (χ2v) is 4.61. The summed E-state index contributed by atoms with van der Waals surface area (Å²) < 4.78 is 27.0. The number of H-pyrrole nitrogens is 1. The third-order valence-corrected chi connectivity index (χ3v) is 3.01. The lowest BCUT2D eigenvalue weighted by Crippen LogP contribution is -2.15. The van der Waals surface area contributed by atoms with Gasteiger partial charge in [0.05, 0.1) is 5.69 Å². The Bertz CT molecular complexity index is 919. The first-order valence-electron chi connectivity index (χ1n) is 6.56. The Morgan fingerprint density at radius 3 is 2.52 bits per heavy atom. The number of benzene rings is 2. The lowest BCUT2D eigenvalue weighted by molar-refractivity contribution is 0.101. The highest BCUT2D eigenvalue weighted by atomic mass is 19.2. The quantitative estimate of drug-likeness (QED) is 0.776. The number of carbonyl (C=O) groups is 1. The van der Waals surface area contributed by atoms with Gasteiger partial charge in [0.15, 0.2) is 11.6 Å². The summed E-state index contributed by atoms with van der Waals surface area (Å²) in [6, 6.07) is 11.4. The van der Waals surface area contributed by atoms with Gasteiger partial charge in [-0.3, -0.25) is 9.78 Å². The van der Waals surface area contributed by atoms with Crippen molar-refractivity contribution < 1.29 is 13.6 Å². The third kappa shape index (κ3) is 3.00. The molecule has 23 heavy (non-hydrogen) atoms. The first-order valence-corrected chi connectivity index (χ1v) is 6.56. The molecule has 0 saturated heterocycles. The van der Waals surface area contributed by atoms with Crippen molar-refractivity contribution in [2.75, 3.05) is 5.32 Å². The zero-order valence-electron chi connectivity index (χ0n) is 11.6. The Kier molecular flexibility index (Phi) is 3.71. The molecule has 0 aliphatic carbocycles. The van der Waals surface area contributed by atoms with E-state index in [1.807, 2.05) is 0 Å². The van der Waals surface area contributed by atoms with Crippen LogP contribution >= 0.6 is 0 Å². The number of hydrogen-bond acceptors (Lipinski definition) is 3. The molecule has 1 heterocycles. The summed E-state index contributed by atoms with van der Waals surface area (Å²) in [7, 11) is 0. The minimum atomic E-state index is -1.09. The van der Waals surface area contributed by atoms with E-state index in [2.05, 4.69) is 15.4 Å². The van der Waals surface area contributed by atoms with Crippen LogP contribution in [0, 0.1) is 11.6 Å². The first-order chi connectivity index (χ1) is 11.0. The van der Waals surface area contributed by atoms with E-state index in [0.717, 1.165) is 16.8 Å². The van der Waals surface area contributed by atoms with Gasteiger partial charge in [-0.15, -0.1) is 5.10 Å². The highest BCUT2D eigenvalue weighted by Crippen LogP contribution is 2.13. The van der Waals surface area contributed by atoms with Crippen molar-refractivity contribution in [1.29, 1.82) is 0 Å². The number of nitrogens with zero attached hydrogens (tertiary/aromatic N) is 2. The first kappa shape index (κ1) is 14.6. The van der Waals surface area contributed by atoms with E-state index in [9.17, 15) is 18.4 Å². The van der Waals surface area contributed by atoms with Crippen LogP contribution in [0.15, 0.2) is 53.3 Å². The van der Waals surface area contributed by atoms with Gasteiger partial charge in [0, 0.05) is 11.8 Å². The van der Waals surface area contributed by atoms with E-state index in [4.69, 9.17) is 0 Å². The summed E-state index contributed by atoms with van der Waals surface area (Å²) in [5.74, 6) is -3.11. The summed E-state index contributed by atoms with van der Waals surface area (Å²) in [6.45, 7) is 0. The Morgan fingerprint density at radius 1 is 1.09 bits per heavy atom. The highest BCUT2D eigenvalue weighted by Gasteiger charge is 2.15. The predicted octanol–water partition coefficient (Wildman–Crippen LogP) is 2.09. The standard InChI is InChI=1S/C15H10F2N4O2/c16-11-7-6-9(8-12(11)17)18-14(22)13-19-15(23)21(20-13)10-4-2-1-3-5-10/h1-8H,(H,18,22)(H,19,20,23). The van der Waals surface area contributed by atoms with Crippen molar-refractivity contribution in [3.8, 4) is 5.69 Å². The van der Waals surface area contributed by atoms with Crippen LogP contribution < -0.4 is 11.0 Å². The lowest BCUT2D eigenvalue weighted by atomic mass is 10.3. The third-order valence-electron chi connectivity index (χ3n) is 3.01. The normalized spacial score (nSPS) is 10.5. The number of aromatic amines is 1. The molecule has 0 atom stereocenters. The molecule has 6 nitrogen and oxygen atoms in total. The van der Waals surface area contributed by atoms with Crippen LogP contribution in [-0.2, 0) is 0 Å². The highest BCUT2D eigenvalue weighted by molar-refractivity contribution is 6.01. The molecule has 1 amide bonds. The van der Waals surface area contributed by atoms with E-state index in [0.29, 0.717) is 5.69 Å². The van der Waals surface area contributed by atoms with Crippen molar-refractivity contribution in [2.24, 2.45) is 0 Å². The summed E-state index contributed by atoms with van der Waals surface area (Å²) in [6.07, 6.45) is 0. The van der Waals surface area contributed by atoms with Crippen LogP contribution in [0.1, 0.15) is 10.6 Å². The monoisotopic (exact) mass is 316 g/mol. The number of amides is 1. The second-order valence-electron chi connectivity index (χ2n) is 4.61. The molecule has 0 saturated carbocycles. The van der Waals surface area contributed by atoms with Gasteiger partial charge in [-0.1, -0.05) is 18.2 Å². The van der Waals surface area contributed by atoms with Gasteiger partial charge >= 0.3 is 5.69 Å². The number of aromatic nitrogens is 3. The van der Waals surface area contributed by atoms with Crippen LogP contribution in [-0.4, -0.2) is 20.7 Å². The molecule has 0 bridgehead atoms. The number of para-hydroxylation sites is 1. The average Bonchev–Trinajstić information content (AvgIpc) is 2.94. The lowest BCUT2D eigenvalue weighted by Gasteiger charge is -2.03. The van der Waals surface area contributed by atoms with Crippen LogP contribution in [0.25, 0.3) is 5.69 Å². The van der Waals surface area contributed by atoms with E-state index < -0.39 is 23.2 Å². The van der Waals surface area contributed by atoms with E-state index in [1.54, 1.807) is 30.3 Å². The van der Waals surface area contributed by atoms with Crippen LogP contribution in [0.3, 0.4) is 0 Å². The Labute approximate surface area is 128 Å². The summed E-state index contributed by atoms with van der Waals surface area (Å²) in [5, 5.41) is 6.21. The fraction of sp³-hybridized carbons (Fsp3) is 0. The molecule has 3 aromatic rings. The van der Waals surface area contributed by atoms with Gasteiger partial charge in [0.2, 0.25) is 5.82 Å². The maximum Gasteiger partial charge on any atom is 0.348 e. The predicted molar refractivity (Wildman–Crippen MR) is 78.5 cm³/mol. The van der Waals surface area contributed by atoms with E-state index in [1.165, 1.54) is 6.07 Å². The Hall–Kier alpha value is -3.29. The molecule has 0 radical (unpaired) electrons. The largest absolute Gasteiger partial charge is 0.348 e. The fourth-order valence-corrected chi connectivity index (χ4v) is 1.94. The van der Waals surface area contributed by atoms with Crippen molar-refractivity contribution in [2.45, 2.75) is 0 Å². The molecule has 116 valence electrons. The zero-order chi connectivity index (χ0) is 16.4. The minimum absolute atomic E-state index is 0.0454. The van der Waals surface area contributed by atoms with Crippen LogP contribution in [0.2, 0.25) is 0 Å². The number of rotatable bonds is 3. The van der Waals surface area contributed by atoms with Crippen molar-refractivity contribution in [1.82, 2.24) is 14.8 Å². The fourth-order valence-electron chi connectivity index (χ4n) is 1.94. The zero-order valence-corrected chi connectivity index (χ0v) is 11.6. The molecule has 0 aliphatic heterocycles. The molecule has 0 fully saturated rings. The van der Waals surface area contributed by atoms with Gasteiger partial charge in [-0.2, -0.15) is 4.68 Å². The summed E-state index contributed by atoms with van der Waals surface area (Å²) >= 11 is 0. The number of hydrogen-bond donors (Lipinski definition) is 2.